The van der Waals surface area contributed by atoms with Crippen LogP contribution in [0.2, 0.25) is 15.1 Å². The maximum Gasteiger partial charge on any atom is 0.132 e. The molecule has 2 rings (SSSR count). The van der Waals surface area contributed by atoms with E-state index in [2.05, 4.69) is 6.07 Å². The molecule has 16 heavy (non-hydrogen) atoms. The fourth-order valence-electron chi connectivity index (χ4n) is 1.39. The first kappa shape index (κ1) is 11.7. The quantitative estimate of drug-likeness (QED) is 0.666. The first-order chi connectivity index (χ1) is 7.59. The third-order valence-corrected chi connectivity index (χ3v) is 2.95. The van der Waals surface area contributed by atoms with Crippen molar-refractivity contribution in [2.75, 3.05) is 0 Å². The van der Waals surface area contributed by atoms with Gasteiger partial charge in [-0.15, -0.1) is 0 Å². The Morgan fingerprint density at radius 2 is 1.81 bits per heavy atom. The van der Waals surface area contributed by atoms with Crippen LogP contribution >= 0.6 is 34.8 Å². The normalized spacial score (nSPS) is 10.5. The Bertz CT molecular complexity index is 518. The number of hydrogen-bond acceptors (Lipinski definition) is 0. The molecule has 0 unspecified atom stereocenters. The smallest absolute Gasteiger partial charge is 0.132 e. The monoisotopic (exact) mass is 273 g/mol. The van der Waals surface area contributed by atoms with Crippen molar-refractivity contribution in [3.63, 3.8) is 0 Å². The molecule has 0 fully saturated rings. The summed E-state index contributed by atoms with van der Waals surface area (Å²) in [6.07, 6.45) is 0. The van der Waals surface area contributed by atoms with Gasteiger partial charge in [-0.1, -0.05) is 40.9 Å². The van der Waals surface area contributed by atoms with Gasteiger partial charge in [0.05, 0.1) is 10.0 Å². The summed E-state index contributed by atoms with van der Waals surface area (Å²) in [6.45, 7) is 0. The Morgan fingerprint density at radius 3 is 2.44 bits per heavy atom. The molecule has 0 aromatic heterocycles. The lowest BCUT2D eigenvalue weighted by Gasteiger charge is -2.08. The molecular formula is C12H5Cl3F. The van der Waals surface area contributed by atoms with Crippen LogP contribution in [0.15, 0.2) is 30.3 Å². The zero-order valence-electron chi connectivity index (χ0n) is 7.90. The molecule has 0 saturated heterocycles. The summed E-state index contributed by atoms with van der Waals surface area (Å²) in [7, 11) is 0. The summed E-state index contributed by atoms with van der Waals surface area (Å²) in [5, 5.41) is 0.993. The van der Waals surface area contributed by atoms with E-state index >= 15 is 0 Å². The molecule has 0 N–H and O–H groups in total. The number of halogens is 4. The minimum Gasteiger partial charge on any atom is -0.206 e. The fraction of sp³-hybridized carbons (Fsp3) is 0. The maximum atomic E-state index is 13.7. The van der Waals surface area contributed by atoms with Gasteiger partial charge in [0.1, 0.15) is 5.82 Å². The standard InChI is InChI=1S/C12H5Cl3F/c13-7-4-5-8(11(16)6-7)12-9(14)2-1-3-10(12)15/h1-2,4-6H. The van der Waals surface area contributed by atoms with E-state index in [9.17, 15) is 4.39 Å². The highest BCUT2D eigenvalue weighted by Gasteiger charge is 2.12. The van der Waals surface area contributed by atoms with Crippen molar-refractivity contribution in [2.24, 2.45) is 0 Å². The van der Waals surface area contributed by atoms with Gasteiger partial charge in [0, 0.05) is 22.2 Å². The van der Waals surface area contributed by atoms with Crippen LogP contribution in [0.5, 0.6) is 0 Å². The molecule has 0 spiro atoms. The van der Waals surface area contributed by atoms with Crippen LogP contribution in [0.1, 0.15) is 0 Å². The minimum atomic E-state index is -0.462. The van der Waals surface area contributed by atoms with Crippen molar-refractivity contribution in [2.45, 2.75) is 0 Å². The second kappa shape index (κ2) is 4.62. The fourth-order valence-corrected chi connectivity index (χ4v) is 2.12. The van der Waals surface area contributed by atoms with Gasteiger partial charge in [-0.2, -0.15) is 0 Å². The lowest BCUT2D eigenvalue weighted by Crippen LogP contribution is -1.87. The molecule has 4 heteroatoms. The molecule has 0 heterocycles. The summed E-state index contributed by atoms with van der Waals surface area (Å²) in [6, 6.07) is 10.3. The van der Waals surface area contributed by atoms with Crippen molar-refractivity contribution in [1.29, 1.82) is 0 Å². The average molecular weight is 275 g/mol. The van der Waals surface area contributed by atoms with Crippen LogP contribution in [0.25, 0.3) is 11.1 Å². The molecule has 0 aliphatic rings. The van der Waals surface area contributed by atoms with Gasteiger partial charge in [0.15, 0.2) is 0 Å². The van der Waals surface area contributed by atoms with Gasteiger partial charge in [-0.25, -0.2) is 4.39 Å². The van der Waals surface area contributed by atoms with E-state index in [1.165, 1.54) is 6.07 Å². The minimum absolute atomic E-state index is 0.286. The molecule has 0 saturated carbocycles. The van der Waals surface area contributed by atoms with Crippen molar-refractivity contribution < 1.29 is 4.39 Å². The molecule has 2 aromatic rings. The molecule has 0 aliphatic heterocycles. The molecule has 81 valence electrons. The molecule has 2 aromatic carbocycles. The van der Waals surface area contributed by atoms with Crippen molar-refractivity contribution in [3.05, 3.63) is 57.3 Å². The Balaban J connectivity index is 2.68. The van der Waals surface area contributed by atoms with Gasteiger partial charge < -0.3 is 0 Å². The second-order valence-corrected chi connectivity index (χ2v) is 4.36. The lowest BCUT2D eigenvalue weighted by atomic mass is 10.1. The van der Waals surface area contributed by atoms with E-state index in [-0.39, 0.29) is 5.02 Å². The highest BCUT2D eigenvalue weighted by molar-refractivity contribution is 6.39. The van der Waals surface area contributed by atoms with Gasteiger partial charge in [-0.05, 0) is 24.3 Å². The Kier molecular flexibility index (Phi) is 3.38. The molecule has 1 radical (unpaired) electrons. The van der Waals surface area contributed by atoms with Crippen molar-refractivity contribution in [1.82, 2.24) is 0 Å². The van der Waals surface area contributed by atoms with Crippen LogP contribution in [0.4, 0.5) is 4.39 Å². The van der Waals surface area contributed by atoms with Gasteiger partial charge >= 0.3 is 0 Å². The highest BCUT2D eigenvalue weighted by atomic mass is 35.5. The largest absolute Gasteiger partial charge is 0.206 e. The van der Waals surface area contributed by atoms with E-state index in [0.717, 1.165) is 0 Å². The van der Waals surface area contributed by atoms with E-state index < -0.39 is 5.82 Å². The summed E-state index contributed by atoms with van der Waals surface area (Å²) >= 11 is 17.6. The third kappa shape index (κ3) is 2.17. The van der Waals surface area contributed by atoms with Crippen LogP contribution in [-0.2, 0) is 0 Å². The molecule has 0 nitrogen and oxygen atoms in total. The highest BCUT2D eigenvalue weighted by Crippen LogP contribution is 2.36. The van der Waals surface area contributed by atoms with Crippen LogP contribution in [-0.4, -0.2) is 0 Å². The van der Waals surface area contributed by atoms with E-state index in [4.69, 9.17) is 34.8 Å². The van der Waals surface area contributed by atoms with Crippen LogP contribution < -0.4 is 0 Å². The second-order valence-electron chi connectivity index (χ2n) is 3.14. The van der Waals surface area contributed by atoms with Crippen LogP contribution in [0, 0.1) is 11.9 Å². The summed E-state index contributed by atoms with van der Waals surface area (Å²) < 4.78 is 13.7. The van der Waals surface area contributed by atoms with Gasteiger partial charge in [0.25, 0.3) is 0 Å². The summed E-state index contributed by atoms with van der Waals surface area (Å²) in [5.41, 5.74) is 0.747. The summed E-state index contributed by atoms with van der Waals surface area (Å²) in [5.74, 6) is -0.462. The third-order valence-electron chi connectivity index (χ3n) is 2.10. The molecular weight excluding hydrogens is 269 g/mol. The first-order valence-corrected chi connectivity index (χ1v) is 5.54. The topological polar surface area (TPSA) is 0 Å². The molecule has 0 bridgehead atoms. The number of benzene rings is 2. The van der Waals surface area contributed by atoms with Crippen molar-refractivity contribution >= 4 is 34.8 Å². The zero-order valence-corrected chi connectivity index (χ0v) is 10.2. The molecule has 0 atom stereocenters. The zero-order chi connectivity index (χ0) is 11.7. The Morgan fingerprint density at radius 1 is 1.06 bits per heavy atom. The van der Waals surface area contributed by atoms with E-state index in [1.807, 2.05) is 0 Å². The maximum absolute atomic E-state index is 13.7. The van der Waals surface area contributed by atoms with Gasteiger partial charge in [-0.3, -0.25) is 0 Å². The van der Waals surface area contributed by atoms with E-state index in [1.54, 1.807) is 24.3 Å². The predicted molar refractivity (Wildman–Crippen MR) is 65.7 cm³/mol. The molecule has 0 aliphatic carbocycles. The predicted octanol–water partition coefficient (Wildman–Crippen LogP) is 5.25. The number of hydrogen-bond donors (Lipinski definition) is 0. The summed E-state index contributed by atoms with van der Waals surface area (Å²) in [4.78, 5) is 0. The average Bonchev–Trinajstić information content (AvgIpc) is 2.20. The van der Waals surface area contributed by atoms with Crippen LogP contribution in [0.3, 0.4) is 0 Å². The Hall–Kier alpha value is -0.760. The SMILES string of the molecule is Fc1cc(Cl)ccc1-c1c(Cl)[c]ccc1Cl. The van der Waals surface area contributed by atoms with Gasteiger partial charge in [0.2, 0.25) is 0 Å². The Labute approximate surface area is 108 Å². The first-order valence-electron chi connectivity index (χ1n) is 4.40. The van der Waals surface area contributed by atoms with Crippen molar-refractivity contribution in [3.8, 4) is 11.1 Å². The lowest BCUT2D eigenvalue weighted by molar-refractivity contribution is 0.631. The number of rotatable bonds is 1. The van der Waals surface area contributed by atoms with E-state index in [0.29, 0.717) is 21.2 Å². The molecule has 0 amide bonds.